The van der Waals surface area contributed by atoms with E-state index >= 15 is 0 Å². The largest absolute Gasteiger partial charge is 0.467 e. The van der Waals surface area contributed by atoms with E-state index in [4.69, 9.17) is 4.74 Å². The smallest absolute Gasteiger partial charge is 0.408 e. The number of aliphatic hydroxyl groups is 1. The number of hydrogen-bond donors (Lipinski definition) is 2. The summed E-state index contributed by atoms with van der Waals surface area (Å²) in [5.74, 6) is -1.61. The van der Waals surface area contributed by atoms with Gasteiger partial charge in [-0.15, -0.1) is 0 Å². The Hall–Kier alpha value is -2.15. The lowest BCUT2D eigenvalue weighted by molar-refractivity contribution is -0.146. The normalized spacial score (nSPS) is 13.9. The molecule has 0 unspecified atom stereocenters. The van der Waals surface area contributed by atoms with Gasteiger partial charge in [0.25, 0.3) is 0 Å². The van der Waals surface area contributed by atoms with Crippen molar-refractivity contribution in [2.24, 2.45) is 0 Å². The van der Waals surface area contributed by atoms with E-state index in [9.17, 15) is 19.1 Å². The van der Waals surface area contributed by atoms with Crippen molar-refractivity contribution in [3.05, 3.63) is 35.6 Å². The van der Waals surface area contributed by atoms with Crippen LogP contribution >= 0.6 is 0 Å². The number of alkyl carbamates (subject to hydrolysis) is 1. The monoisotopic (exact) mass is 313 g/mol. The van der Waals surface area contributed by atoms with Crippen molar-refractivity contribution in [1.82, 2.24) is 5.32 Å². The van der Waals surface area contributed by atoms with Crippen LogP contribution in [0.3, 0.4) is 0 Å². The van der Waals surface area contributed by atoms with Gasteiger partial charge in [-0.2, -0.15) is 0 Å². The molecule has 0 saturated carbocycles. The van der Waals surface area contributed by atoms with Crippen LogP contribution in [0.2, 0.25) is 0 Å². The summed E-state index contributed by atoms with van der Waals surface area (Å²) in [6, 6.07) is 3.91. The third-order valence-electron chi connectivity index (χ3n) is 2.67. The Labute approximate surface area is 128 Å². The molecular weight excluding hydrogens is 293 g/mol. The molecule has 7 heteroatoms. The van der Waals surface area contributed by atoms with Crippen molar-refractivity contribution >= 4 is 12.1 Å². The van der Waals surface area contributed by atoms with E-state index in [2.05, 4.69) is 10.1 Å². The first kappa shape index (κ1) is 17.9. The van der Waals surface area contributed by atoms with E-state index in [-0.39, 0.29) is 5.56 Å². The average Bonchev–Trinajstić information content (AvgIpc) is 2.42. The summed E-state index contributed by atoms with van der Waals surface area (Å²) in [6.45, 7) is 4.94. The molecule has 1 aromatic carbocycles. The molecule has 122 valence electrons. The van der Waals surface area contributed by atoms with E-state index in [1.165, 1.54) is 18.2 Å². The number of methoxy groups -OCH3 is 1. The Balaban J connectivity index is 2.96. The van der Waals surface area contributed by atoms with Crippen LogP contribution in [0.5, 0.6) is 0 Å². The number of carbonyl (C=O) groups excluding carboxylic acids is 2. The maximum absolute atomic E-state index is 13.7. The molecule has 1 amide bonds. The maximum Gasteiger partial charge on any atom is 0.408 e. The molecule has 0 fully saturated rings. The zero-order chi connectivity index (χ0) is 16.9. The minimum Gasteiger partial charge on any atom is -0.467 e. The molecule has 1 rings (SSSR count). The van der Waals surface area contributed by atoms with Gasteiger partial charge in [0.05, 0.1) is 7.11 Å². The Bertz CT molecular complexity index is 541. The standard InChI is InChI=1S/C15H20FNO5/c1-15(2,3)22-14(20)17-11(13(19)21-4)12(18)9-7-5-6-8-10(9)16/h5-8,11-12,18H,1-4H3,(H,17,20)/t11-,12-/m1/s1. The van der Waals surface area contributed by atoms with Crippen LogP contribution in [0.4, 0.5) is 9.18 Å². The molecular formula is C15H20FNO5. The number of ether oxygens (including phenoxy) is 2. The topological polar surface area (TPSA) is 84.9 Å². The lowest BCUT2D eigenvalue weighted by Gasteiger charge is -2.25. The summed E-state index contributed by atoms with van der Waals surface area (Å²) in [4.78, 5) is 23.5. The van der Waals surface area contributed by atoms with Crippen molar-refractivity contribution in [3.8, 4) is 0 Å². The van der Waals surface area contributed by atoms with Crippen LogP contribution < -0.4 is 5.32 Å². The van der Waals surface area contributed by atoms with E-state index < -0.39 is 35.6 Å². The van der Waals surface area contributed by atoms with Gasteiger partial charge in [-0.1, -0.05) is 18.2 Å². The van der Waals surface area contributed by atoms with Crippen molar-refractivity contribution < 1.29 is 28.6 Å². The van der Waals surface area contributed by atoms with Crippen molar-refractivity contribution in [2.45, 2.75) is 38.5 Å². The quantitative estimate of drug-likeness (QED) is 0.830. The fourth-order valence-corrected chi connectivity index (χ4v) is 1.72. The highest BCUT2D eigenvalue weighted by molar-refractivity contribution is 5.82. The van der Waals surface area contributed by atoms with Crippen LogP contribution in [-0.4, -0.2) is 35.9 Å². The lowest BCUT2D eigenvalue weighted by Crippen LogP contribution is -2.47. The predicted molar refractivity (Wildman–Crippen MR) is 76.5 cm³/mol. The lowest BCUT2D eigenvalue weighted by atomic mass is 10.0. The zero-order valence-corrected chi connectivity index (χ0v) is 12.9. The molecule has 0 bridgehead atoms. The molecule has 0 heterocycles. The number of halogens is 1. The summed E-state index contributed by atoms with van der Waals surface area (Å²) in [5, 5.41) is 12.4. The SMILES string of the molecule is COC(=O)[C@H](NC(=O)OC(C)(C)C)[C@H](O)c1ccccc1F. The second-order valence-electron chi connectivity index (χ2n) is 5.61. The van der Waals surface area contributed by atoms with Crippen molar-refractivity contribution in [1.29, 1.82) is 0 Å². The average molecular weight is 313 g/mol. The number of rotatable bonds is 4. The number of amides is 1. The second kappa shape index (κ2) is 7.22. The number of hydrogen-bond acceptors (Lipinski definition) is 5. The number of carbonyl (C=O) groups is 2. The van der Waals surface area contributed by atoms with Crippen LogP contribution in [0.15, 0.2) is 24.3 Å². The number of aliphatic hydroxyl groups excluding tert-OH is 1. The van der Waals surface area contributed by atoms with E-state index in [1.807, 2.05) is 0 Å². The van der Waals surface area contributed by atoms with Crippen LogP contribution in [0, 0.1) is 5.82 Å². The summed E-state index contributed by atoms with van der Waals surface area (Å²) in [6.07, 6.45) is -2.53. The molecule has 22 heavy (non-hydrogen) atoms. The zero-order valence-electron chi connectivity index (χ0n) is 12.9. The Kier molecular flexibility index (Phi) is 5.87. The van der Waals surface area contributed by atoms with Gasteiger partial charge in [-0.05, 0) is 26.8 Å². The van der Waals surface area contributed by atoms with Gasteiger partial charge in [-0.3, -0.25) is 0 Å². The molecule has 6 nitrogen and oxygen atoms in total. The van der Waals surface area contributed by atoms with Crippen LogP contribution in [-0.2, 0) is 14.3 Å². The Morgan fingerprint density at radius 3 is 2.36 bits per heavy atom. The molecule has 0 radical (unpaired) electrons. The van der Waals surface area contributed by atoms with E-state index in [0.29, 0.717) is 0 Å². The van der Waals surface area contributed by atoms with Crippen molar-refractivity contribution in [3.63, 3.8) is 0 Å². The summed E-state index contributed by atoms with van der Waals surface area (Å²) in [7, 11) is 1.10. The minimum absolute atomic E-state index is 0.131. The van der Waals surface area contributed by atoms with Gasteiger partial charge in [-0.25, -0.2) is 14.0 Å². The summed E-state index contributed by atoms with van der Waals surface area (Å²) >= 11 is 0. The molecule has 0 aliphatic carbocycles. The maximum atomic E-state index is 13.7. The van der Waals surface area contributed by atoms with Gasteiger partial charge in [0.2, 0.25) is 0 Å². The summed E-state index contributed by atoms with van der Waals surface area (Å²) < 4.78 is 23.3. The predicted octanol–water partition coefficient (Wildman–Crippen LogP) is 1.93. The molecule has 1 aromatic rings. The molecule has 0 spiro atoms. The first-order chi connectivity index (χ1) is 10.2. The van der Waals surface area contributed by atoms with Gasteiger partial charge in [0, 0.05) is 5.56 Å². The molecule has 0 aromatic heterocycles. The molecule has 2 atom stereocenters. The summed E-state index contributed by atoms with van der Waals surface area (Å²) in [5.41, 5.74) is -0.915. The fourth-order valence-electron chi connectivity index (χ4n) is 1.72. The Morgan fingerprint density at radius 1 is 1.27 bits per heavy atom. The highest BCUT2D eigenvalue weighted by Crippen LogP contribution is 2.21. The third-order valence-corrected chi connectivity index (χ3v) is 2.67. The van der Waals surface area contributed by atoms with Gasteiger partial charge in [0.1, 0.15) is 17.5 Å². The number of esters is 1. The van der Waals surface area contributed by atoms with Crippen LogP contribution in [0.1, 0.15) is 32.4 Å². The molecule has 0 aliphatic rings. The van der Waals surface area contributed by atoms with Crippen LogP contribution in [0.25, 0.3) is 0 Å². The van der Waals surface area contributed by atoms with E-state index in [0.717, 1.165) is 13.2 Å². The van der Waals surface area contributed by atoms with Gasteiger partial charge in [0.15, 0.2) is 6.04 Å². The van der Waals surface area contributed by atoms with E-state index in [1.54, 1.807) is 20.8 Å². The minimum atomic E-state index is -1.61. The first-order valence-corrected chi connectivity index (χ1v) is 6.65. The fraction of sp³-hybridized carbons (Fsp3) is 0.467. The number of nitrogens with one attached hydrogen (secondary N) is 1. The molecule has 0 saturated heterocycles. The third kappa shape index (κ3) is 5.00. The Morgan fingerprint density at radius 2 is 1.86 bits per heavy atom. The van der Waals surface area contributed by atoms with Crippen molar-refractivity contribution in [2.75, 3.05) is 7.11 Å². The molecule has 0 aliphatic heterocycles. The highest BCUT2D eigenvalue weighted by Gasteiger charge is 2.33. The first-order valence-electron chi connectivity index (χ1n) is 6.65. The molecule has 2 N–H and O–H groups in total. The number of benzene rings is 1. The second-order valence-corrected chi connectivity index (χ2v) is 5.61. The van der Waals surface area contributed by atoms with Gasteiger partial charge < -0.3 is 19.9 Å². The van der Waals surface area contributed by atoms with Gasteiger partial charge >= 0.3 is 12.1 Å². The highest BCUT2D eigenvalue weighted by atomic mass is 19.1.